The van der Waals surface area contributed by atoms with Crippen LogP contribution in [-0.4, -0.2) is 15.0 Å². The van der Waals surface area contributed by atoms with Gasteiger partial charge in [-0.3, -0.25) is 0 Å². The molecular formula is C23H19N3. The molecule has 0 amide bonds. The largest absolute Gasteiger partial charge is 0.241 e. The van der Waals surface area contributed by atoms with Gasteiger partial charge in [0.1, 0.15) is 5.69 Å². The molecule has 4 rings (SSSR count). The molecule has 3 nitrogen and oxygen atoms in total. The monoisotopic (exact) mass is 337 g/mol. The van der Waals surface area contributed by atoms with E-state index < -0.39 is 0 Å². The van der Waals surface area contributed by atoms with Crippen molar-refractivity contribution in [1.29, 1.82) is 0 Å². The summed E-state index contributed by atoms with van der Waals surface area (Å²) in [5.74, 6) is 0. The molecule has 0 spiro atoms. The Morgan fingerprint density at radius 1 is 0.731 bits per heavy atom. The predicted octanol–water partition coefficient (Wildman–Crippen LogP) is 5.25. The Labute approximate surface area is 153 Å². The van der Waals surface area contributed by atoms with Crippen LogP contribution in [0.3, 0.4) is 0 Å². The molecule has 0 aliphatic heterocycles. The maximum absolute atomic E-state index is 4.40. The van der Waals surface area contributed by atoms with Gasteiger partial charge in [-0.05, 0) is 11.1 Å². The zero-order chi connectivity index (χ0) is 17.6. The second-order valence-corrected chi connectivity index (χ2v) is 6.08. The van der Waals surface area contributed by atoms with E-state index in [-0.39, 0.29) is 6.04 Å². The van der Waals surface area contributed by atoms with Crippen molar-refractivity contribution in [3.63, 3.8) is 0 Å². The van der Waals surface area contributed by atoms with Crippen molar-refractivity contribution >= 4 is 6.08 Å². The molecule has 0 aliphatic rings. The van der Waals surface area contributed by atoms with Crippen molar-refractivity contribution < 1.29 is 0 Å². The molecule has 1 unspecified atom stereocenters. The summed E-state index contributed by atoms with van der Waals surface area (Å²) in [4.78, 5) is 0. The average Bonchev–Trinajstić information content (AvgIpc) is 3.20. The van der Waals surface area contributed by atoms with Crippen molar-refractivity contribution in [2.24, 2.45) is 0 Å². The second kappa shape index (κ2) is 7.62. The van der Waals surface area contributed by atoms with E-state index in [4.69, 9.17) is 0 Å². The zero-order valence-electron chi connectivity index (χ0n) is 14.3. The van der Waals surface area contributed by atoms with Crippen LogP contribution in [0.5, 0.6) is 0 Å². The molecule has 1 aromatic heterocycles. The molecule has 0 saturated heterocycles. The minimum atomic E-state index is -0.0126. The highest BCUT2D eigenvalue weighted by molar-refractivity contribution is 5.57. The summed E-state index contributed by atoms with van der Waals surface area (Å²) in [5.41, 5.74) is 4.28. The summed E-state index contributed by atoms with van der Waals surface area (Å²) < 4.78 is 1.91. The van der Waals surface area contributed by atoms with Crippen LogP contribution in [0.1, 0.15) is 17.2 Å². The Morgan fingerprint density at radius 2 is 1.35 bits per heavy atom. The fraction of sp³-hybridized carbons (Fsp3) is 0.0435. The number of benzene rings is 3. The molecule has 1 heterocycles. The van der Waals surface area contributed by atoms with Gasteiger partial charge in [-0.25, -0.2) is 4.68 Å². The molecule has 1 atom stereocenters. The zero-order valence-corrected chi connectivity index (χ0v) is 14.3. The highest BCUT2D eigenvalue weighted by Crippen LogP contribution is 2.23. The maximum Gasteiger partial charge on any atom is 0.113 e. The maximum atomic E-state index is 4.40. The highest BCUT2D eigenvalue weighted by atomic mass is 15.4. The standard InChI is InChI=1S/C23H19N3/c1-4-10-19(11-5-1)16-17-23(21-14-8-3-9-15-21)26-18-22(24-25-26)20-12-6-2-7-13-20/h1-18,23H/b17-16+. The Balaban J connectivity index is 1.70. The van der Waals surface area contributed by atoms with Gasteiger partial charge in [0.15, 0.2) is 0 Å². The molecule has 0 bridgehead atoms. The molecule has 0 N–H and O–H groups in total. The second-order valence-electron chi connectivity index (χ2n) is 6.08. The highest BCUT2D eigenvalue weighted by Gasteiger charge is 2.13. The van der Waals surface area contributed by atoms with Gasteiger partial charge in [0.25, 0.3) is 0 Å². The van der Waals surface area contributed by atoms with Crippen LogP contribution in [-0.2, 0) is 0 Å². The van der Waals surface area contributed by atoms with E-state index in [1.54, 1.807) is 0 Å². The van der Waals surface area contributed by atoms with E-state index in [0.29, 0.717) is 0 Å². The summed E-state index contributed by atoms with van der Waals surface area (Å²) in [6.45, 7) is 0. The van der Waals surface area contributed by atoms with Gasteiger partial charge < -0.3 is 0 Å². The Hall–Kier alpha value is -3.46. The fourth-order valence-electron chi connectivity index (χ4n) is 2.92. The Morgan fingerprint density at radius 3 is 2.04 bits per heavy atom. The molecule has 3 heteroatoms. The summed E-state index contributed by atoms with van der Waals surface area (Å²) in [7, 11) is 0. The first-order valence-corrected chi connectivity index (χ1v) is 8.65. The van der Waals surface area contributed by atoms with E-state index >= 15 is 0 Å². The van der Waals surface area contributed by atoms with Gasteiger partial charge in [0.05, 0.1) is 12.2 Å². The van der Waals surface area contributed by atoms with Gasteiger partial charge in [0.2, 0.25) is 0 Å². The number of hydrogen-bond acceptors (Lipinski definition) is 2. The topological polar surface area (TPSA) is 30.7 Å². The fourth-order valence-corrected chi connectivity index (χ4v) is 2.92. The smallest absolute Gasteiger partial charge is 0.113 e. The molecular weight excluding hydrogens is 318 g/mol. The van der Waals surface area contributed by atoms with Crippen LogP contribution in [0.4, 0.5) is 0 Å². The predicted molar refractivity (Wildman–Crippen MR) is 106 cm³/mol. The Kier molecular flexibility index (Phi) is 4.70. The van der Waals surface area contributed by atoms with Crippen LogP contribution in [0.25, 0.3) is 17.3 Å². The number of rotatable bonds is 5. The minimum Gasteiger partial charge on any atom is -0.241 e. The van der Waals surface area contributed by atoms with Gasteiger partial charge in [-0.2, -0.15) is 0 Å². The molecule has 4 aromatic rings. The molecule has 26 heavy (non-hydrogen) atoms. The average molecular weight is 337 g/mol. The van der Waals surface area contributed by atoms with Crippen LogP contribution in [0, 0.1) is 0 Å². The first-order valence-electron chi connectivity index (χ1n) is 8.65. The quantitative estimate of drug-likeness (QED) is 0.498. The third-order valence-electron chi connectivity index (χ3n) is 4.28. The number of allylic oxidation sites excluding steroid dienone is 1. The Bertz CT molecular complexity index is 974. The summed E-state index contributed by atoms with van der Waals surface area (Å²) in [6.07, 6.45) is 6.29. The molecule has 3 aromatic carbocycles. The van der Waals surface area contributed by atoms with Crippen molar-refractivity contribution in [2.45, 2.75) is 6.04 Å². The van der Waals surface area contributed by atoms with E-state index in [2.05, 4.69) is 46.7 Å². The van der Waals surface area contributed by atoms with E-state index in [9.17, 15) is 0 Å². The van der Waals surface area contributed by atoms with Crippen molar-refractivity contribution in [2.75, 3.05) is 0 Å². The van der Waals surface area contributed by atoms with Crippen LogP contribution < -0.4 is 0 Å². The lowest BCUT2D eigenvalue weighted by atomic mass is 10.1. The van der Waals surface area contributed by atoms with Crippen LogP contribution >= 0.6 is 0 Å². The molecule has 0 aliphatic carbocycles. The number of hydrogen-bond donors (Lipinski definition) is 0. The molecule has 126 valence electrons. The third-order valence-corrected chi connectivity index (χ3v) is 4.28. The van der Waals surface area contributed by atoms with E-state index in [1.807, 2.05) is 77.6 Å². The van der Waals surface area contributed by atoms with Gasteiger partial charge in [-0.1, -0.05) is 108 Å². The lowest BCUT2D eigenvalue weighted by molar-refractivity contribution is 0.586. The first-order chi connectivity index (χ1) is 12.9. The van der Waals surface area contributed by atoms with Gasteiger partial charge in [-0.15, -0.1) is 5.10 Å². The summed E-state index contributed by atoms with van der Waals surface area (Å²) in [6, 6.07) is 30.8. The van der Waals surface area contributed by atoms with Crippen LogP contribution in [0.15, 0.2) is 103 Å². The normalized spacial score (nSPS) is 12.3. The molecule has 0 fully saturated rings. The van der Waals surface area contributed by atoms with Crippen LogP contribution in [0.2, 0.25) is 0 Å². The first kappa shape index (κ1) is 16.0. The lowest BCUT2D eigenvalue weighted by Crippen LogP contribution is -2.08. The minimum absolute atomic E-state index is 0.0126. The lowest BCUT2D eigenvalue weighted by Gasteiger charge is -2.13. The van der Waals surface area contributed by atoms with Crippen molar-refractivity contribution in [3.05, 3.63) is 114 Å². The van der Waals surface area contributed by atoms with Gasteiger partial charge in [0, 0.05) is 5.56 Å². The molecule has 0 saturated carbocycles. The summed E-state index contributed by atoms with van der Waals surface area (Å²) >= 11 is 0. The van der Waals surface area contributed by atoms with Crippen molar-refractivity contribution in [3.8, 4) is 11.3 Å². The van der Waals surface area contributed by atoms with Crippen molar-refractivity contribution in [1.82, 2.24) is 15.0 Å². The molecule has 0 radical (unpaired) electrons. The van der Waals surface area contributed by atoms with E-state index in [1.165, 1.54) is 5.56 Å². The summed E-state index contributed by atoms with van der Waals surface area (Å²) in [5, 5.41) is 8.76. The third kappa shape index (κ3) is 3.62. The van der Waals surface area contributed by atoms with Gasteiger partial charge >= 0.3 is 0 Å². The number of aromatic nitrogens is 3. The number of nitrogens with zero attached hydrogens (tertiary/aromatic N) is 3. The SMILES string of the molecule is C(=C\C(c1ccccc1)n1cc(-c2ccccc2)nn1)/c1ccccc1. The van der Waals surface area contributed by atoms with E-state index in [0.717, 1.165) is 16.8 Å².